The number of esters is 1. The number of halogens is 1. The van der Waals surface area contributed by atoms with Crippen LogP contribution in [0.1, 0.15) is 35.7 Å². The second-order valence-corrected chi connectivity index (χ2v) is 6.68. The minimum absolute atomic E-state index is 0.00618. The van der Waals surface area contributed by atoms with Crippen molar-refractivity contribution >= 4 is 27.8 Å². The van der Waals surface area contributed by atoms with Crippen molar-refractivity contribution in [1.82, 2.24) is 5.32 Å². The number of phenols is 1. The monoisotopic (exact) mass is 405 g/mol. The highest BCUT2D eigenvalue weighted by atomic mass is 79.9. The third kappa shape index (κ3) is 5.32. The van der Waals surface area contributed by atoms with E-state index in [4.69, 9.17) is 4.74 Å². The largest absolute Gasteiger partial charge is 0.507 e. The molecule has 0 fully saturated rings. The van der Waals surface area contributed by atoms with Crippen molar-refractivity contribution in [1.29, 1.82) is 0 Å². The number of rotatable bonds is 6. The Morgan fingerprint density at radius 1 is 1.16 bits per heavy atom. The minimum atomic E-state index is -0.964. The zero-order valence-electron chi connectivity index (χ0n) is 14.0. The highest BCUT2D eigenvalue weighted by molar-refractivity contribution is 9.10. The van der Waals surface area contributed by atoms with Crippen LogP contribution in [-0.4, -0.2) is 29.6 Å². The van der Waals surface area contributed by atoms with Crippen LogP contribution in [0.15, 0.2) is 53.0 Å². The number of carbonyl (C=O) groups is 2. The average Bonchev–Trinajstić information content (AvgIpc) is 2.61. The van der Waals surface area contributed by atoms with E-state index in [9.17, 15) is 14.7 Å². The number of aromatic hydroxyl groups is 1. The molecule has 2 aromatic rings. The minimum Gasteiger partial charge on any atom is -0.507 e. The summed E-state index contributed by atoms with van der Waals surface area (Å²) in [6, 6.07) is 14.3. The van der Waals surface area contributed by atoms with Gasteiger partial charge in [0.05, 0.1) is 0 Å². The Bertz CT molecular complexity index is 748. The summed E-state index contributed by atoms with van der Waals surface area (Å²) in [4.78, 5) is 24.2. The summed E-state index contributed by atoms with van der Waals surface area (Å²) >= 11 is 3.22. The van der Waals surface area contributed by atoms with Crippen molar-refractivity contribution in [2.75, 3.05) is 6.54 Å². The number of benzene rings is 2. The summed E-state index contributed by atoms with van der Waals surface area (Å²) in [6.45, 7) is 3.94. The lowest BCUT2D eigenvalue weighted by Crippen LogP contribution is -2.37. The van der Waals surface area contributed by atoms with Gasteiger partial charge in [-0.05, 0) is 36.6 Å². The molecule has 0 saturated carbocycles. The van der Waals surface area contributed by atoms with Gasteiger partial charge in [-0.25, -0.2) is 4.79 Å². The molecule has 0 aliphatic rings. The molecule has 25 heavy (non-hydrogen) atoms. The third-order valence-electron chi connectivity index (χ3n) is 3.78. The van der Waals surface area contributed by atoms with Crippen molar-refractivity contribution < 1.29 is 19.4 Å². The van der Waals surface area contributed by atoms with Gasteiger partial charge < -0.3 is 15.2 Å². The molecule has 0 aliphatic carbocycles. The predicted molar refractivity (Wildman–Crippen MR) is 98.6 cm³/mol. The van der Waals surface area contributed by atoms with Gasteiger partial charge in [-0.15, -0.1) is 0 Å². The summed E-state index contributed by atoms with van der Waals surface area (Å²) < 4.78 is 5.77. The fourth-order valence-corrected chi connectivity index (χ4v) is 2.61. The van der Waals surface area contributed by atoms with Crippen molar-refractivity contribution in [3.05, 3.63) is 64.1 Å². The van der Waals surface area contributed by atoms with E-state index in [1.54, 1.807) is 6.07 Å². The molecule has 0 aromatic heterocycles. The van der Waals surface area contributed by atoms with E-state index >= 15 is 0 Å². The van der Waals surface area contributed by atoms with Gasteiger partial charge in [0.25, 0.3) is 5.91 Å². The molecular weight excluding hydrogens is 386 g/mol. The Morgan fingerprint density at radius 2 is 1.84 bits per heavy atom. The molecule has 0 saturated heterocycles. The fraction of sp³-hybridized carbons (Fsp3) is 0.263. The molecule has 2 aromatic carbocycles. The first-order valence-corrected chi connectivity index (χ1v) is 8.70. The summed E-state index contributed by atoms with van der Waals surface area (Å²) in [5.74, 6) is -1.19. The summed E-state index contributed by atoms with van der Waals surface area (Å²) in [5.41, 5.74) is 1.12. The maximum atomic E-state index is 12.1. The van der Waals surface area contributed by atoms with Gasteiger partial charge in [0, 0.05) is 11.0 Å². The van der Waals surface area contributed by atoms with Gasteiger partial charge in [-0.1, -0.05) is 53.2 Å². The van der Waals surface area contributed by atoms with E-state index in [0.717, 1.165) is 5.56 Å². The molecule has 0 radical (unpaired) electrons. The lowest BCUT2D eigenvalue weighted by molar-refractivity contribution is -0.129. The average molecular weight is 406 g/mol. The number of nitrogens with one attached hydrogen (secondary N) is 1. The molecule has 0 bridgehead atoms. The van der Waals surface area contributed by atoms with Crippen LogP contribution in [0.4, 0.5) is 0 Å². The van der Waals surface area contributed by atoms with E-state index in [-0.39, 0.29) is 23.1 Å². The topological polar surface area (TPSA) is 75.6 Å². The van der Waals surface area contributed by atoms with Gasteiger partial charge >= 0.3 is 5.97 Å². The van der Waals surface area contributed by atoms with Crippen LogP contribution < -0.4 is 5.32 Å². The summed E-state index contributed by atoms with van der Waals surface area (Å²) in [7, 11) is 0. The highest BCUT2D eigenvalue weighted by Crippen LogP contribution is 2.23. The van der Waals surface area contributed by atoms with E-state index in [0.29, 0.717) is 11.0 Å². The lowest BCUT2D eigenvalue weighted by Gasteiger charge is -2.17. The third-order valence-corrected chi connectivity index (χ3v) is 4.28. The first kappa shape index (κ1) is 19.0. The van der Waals surface area contributed by atoms with E-state index in [1.807, 2.05) is 37.3 Å². The molecule has 132 valence electrons. The molecule has 0 unspecified atom stereocenters. The maximum Gasteiger partial charge on any atom is 0.342 e. The molecule has 0 spiro atoms. The fourth-order valence-electron chi connectivity index (χ4n) is 2.25. The maximum absolute atomic E-state index is 12.1. The molecule has 6 heteroatoms. The molecular formula is C19H20BrNO4. The van der Waals surface area contributed by atoms with E-state index in [2.05, 4.69) is 21.2 Å². The normalized spacial score (nSPS) is 12.9. The van der Waals surface area contributed by atoms with Gasteiger partial charge in [-0.3, -0.25) is 4.79 Å². The Morgan fingerprint density at radius 3 is 2.52 bits per heavy atom. The lowest BCUT2D eigenvalue weighted by atomic mass is 10.0. The van der Waals surface area contributed by atoms with Crippen LogP contribution in [-0.2, 0) is 9.53 Å². The number of carbonyl (C=O) groups excluding carboxylic acids is 2. The van der Waals surface area contributed by atoms with Crippen molar-refractivity contribution in [2.24, 2.45) is 0 Å². The van der Waals surface area contributed by atoms with Crippen LogP contribution in [0.5, 0.6) is 5.75 Å². The second-order valence-electron chi connectivity index (χ2n) is 5.77. The number of hydrogen-bond donors (Lipinski definition) is 2. The summed E-state index contributed by atoms with van der Waals surface area (Å²) in [5, 5.41) is 12.5. The smallest absolute Gasteiger partial charge is 0.342 e. The first-order chi connectivity index (χ1) is 11.9. The van der Waals surface area contributed by atoms with Crippen LogP contribution in [0.3, 0.4) is 0 Å². The molecule has 1 amide bonds. The molecule has 2 atom stereocenters. The van der Waals surface area contributed by atoms with E-state index in [1.165, 1.54) is 19.1 Å². The molecule has 0 aliphatic heterocycles. The van der Waals surface area contributed by atoms with Gasteiger partial charge in [0.1, 0.15) is 11.3 Å². The van der Waals surface area contributed by atoms with Crippen LogP contribution in [0.2, 0.25) is 0 Å². The van der Waals surface area contributed by atoms with Crippen molar-refractivity contribution in [3.63, 3.8) is 0 Å². The zero-order chi connectivity index (χ0) is 18.4. The van der Waals surface area contributed by atoms with Gasteiger partial charge in [0.2, 0.25) is 0 Å². The zero-order valence-corrected chi connectivity index (χ0v) is 15.6. The van der Waals surface area contributed by atoms with Crippen molar-refractivity contribution in [2.45, 2.75) is 25.9 Å². The number of hydrogen-bond acceptors (Lipinski definition) is 4. The van der Waals surface area contributed by atoms with Crippen molar-refractivity contribution in [3.8, 4) is 5.75 Å². The highest BCUT2D eigenvalue weighted by Gasteiger charge is 2.21. The number of ether oxygens (including phenoxy) is 1. The Hall–Kier alpha value is -2.34. The van der Waals surface area contributed by atoms with E-state index < -0.39 is 12.1 Å². The number of amides is 1. The van der Waals surface area contributed by atoms with Gasteiger partial charge in [0.15, 0.2) is 6.10 Å². The van der Waals surface area contributed by atoms with Crippen LogP contribution >= 0.6 is 15.9 Å². The Kier molecular flexibility index (Phi) is 6.58. The Balaban J connectivity index is 1.89. The number of phenolic OH excluding ortho intramolecular Hbond substituents is 1. The van der Waals surface area contributed by atoms with Crippen LogP contribution in [0.25, 0.3) is 0 Å². The standard InChI is InChI=1S/C19H20BrNO4/c1-12(14-6-4-3-5-7-14)11-21-18(23)13(2)25-19(24)16-10-15(20)8-9-17(16)22/h3-10,12-13,22H,11H2,1-2H3,(H,21,23)/t12-,13+/m1/s1. The second kappa shape index (κ2) is 8.67. The molecule has 5 nitrogen and oxygen atoms in total. The SMILES string of the molecule is C[C@H](OC(=O)c1cc(Br)ccc1O)C(=O)NC[C@@H](C)c1ccccc1. The molecule has 0 heterocycles. The van der Waals surface area contributed by atoms with Crippen LogP contribution in [0, 0.1) is 0 Å². The quantitative estimate of drug-likeness (QED) is 0.719. The molecule has 2 N–H and O–H groups in total. The Labute approximate surface area is 155 Å². The van der Waals surface area contributed by atoms with Gasteiger partial charge in [-0.2, -0.15) is 0 Å². The summed E-state index contributed by atoms with van der Waals surface area (Å²) in [6.07, 6.45) is -0.964. The first-order valence-electron chi connectivity index (χ1n) is 7.90. The predicted octanol–water partition coefficient (Wildman–Crippen LogP) is 3.62. The molecule has 2 rings (SSSR count).